The van der Waals surface area contributed by atoms with Gasteiger partial charge >= 0.3 is 0 Å². The van der Waals surface area contributed by atoms with Crippen LogP contribution in [0.25, 0.3) is 0 Å². The van der Waals surface area contributed by atoms with E-state index in [1.54, 1.807) is 0 Å². The van der Waals surface area contributed by atoms with Crippen molar-refractivity contribution in [2.24, 2.45) is 0 Å². The molecule has 0 N–H and O–H groups in total. The Morgan fingerprint density at radius 3 is 2.29 bits per heavy atom. The molecule has 2 aromatic carbocycles. The summed E-state index contributed by atoms with van der Waals surface area (Å²) >= 11 is 5.78. The lowest BCUT2D eigenvalue weighted by molar-refractivity contribution is 0.430. The molecule has 1 heterocycles. The van der Waals surface area contributed by atoms with Crippen molar-refractivity contribution in [1.29, 1.82) is 0 Å². The van der Waals surface area contributed by atoms with Gasteiger partial charge in [-0.3, -0.25) is 0 Å². The normalized spacial score (nSPS) is 15.1. The first-order chi connectivity index (χ1) is 10.0. The van der Waals surface area contributed by atoms with E-state index in [0.29, 0.717) is 18.7 Å². The molecule has 0 atom stereocenters. The summed E-state index contributed by atoms with van der Waals surface area (Å²) in [5.74, 6) is -0.561. The summed E-state index contributed by atoms with van der Waals surface area (Å²) in [6.07, 6.45) is 0. The van der Waals surface area contributed by atoms with Crippen molar-refractivity contribution in [2.45, 2.75) is 23.9 Å². The molecule has 1 aliphatic heterocycles. The van der Waals surface area contributed by atoms with Crippen LogP contribution in [0.2, 0.25) is 0 Å². The molecule has 110 valence electrons. The summed E-state index contributed by atoms with van der Waals surface area (Å²) in [5, 5.41) is 0. The fraction of sp³-hybridized carbons (Fsp3) is 0.200. The monoisotopic (exact) mass is 325 g/mol. The third kappa shape index (κ3) is 2.57. The van der Waals surface area contributed by atoms with E-state index < -0.39 is 15.8 Å². The highest BCUT2D eigenvalue weighted by Gasteiger charge is 2.32. The van der Waals surface area contributed by atoms with Gasteiger partial charge in [0.05, 0.1) is 4.90 Å². The summed E-state index contributed by atoms with van der Waals surface area (Å²) in [4.78, 5) is -0.0506. The lowest BCUT2D eigenvalue weighted by atomic mass is 10.1. The summed E-state index contributed by atoms with van der Waals surface area (Å²) in [7, 11) is -3.76. The Labute approximate surface area is 128 Å². The lowest BCUT2D eigenvalue weighted by Gasteiger charge is -2.17. The van der Waals surface area contributed by atoms with Gasteiger partial charge in [0.1, 0.15) is 5.82 Å². The number of benzene rings is 2. The Morgan fingerprint density at radius 1 is 1.10 bits per heavy atom. The number of sulfonamides is 1. The molecule has 0 unspecified atom stereocenters. The number of alkyl halides is 1. The second-order valence-corrected chi connectivity index (χ2v) is 7.10. The molecule has 0 saturated carbocycles. The molecular formula is C15H13ClFNO2S. The number of halogens is 2. The predicted molar refractivity (Wildman–Crippen MR) is 78.8 cm³/mol. The molecule has 0 aliphatic carbocycles. The summed E-state index contributed by atoms with van der Waals surface area (Å²) in [6, 6.07) is 11.2. The van der Waals surface area contributed by atoms with Gasteiger partial charge in [-0.15, -0.1) is 11.6 Å². The molecule has 0 radical (unpaired) electrons. The number of hydrogen-bond acceptors (Lipinski definition) is 2. The van der Waals surface area contributed by atoms with E-state index in [9.17, 15) is 12.8 Å². The Morgan fingerprint density at radius 2 is 1.71 bits per heavy atom. The SMILES string of the molecule is O=S(=O)(c1cc(F)ccc1CCl)N1Cc2ccccc2C1. The smallest absolute Gasteiger partial charge is 0.207 e. The minimum atomic E-state index is -3.76. The highest BCUT2D eigenvalue weighted by molar-refractivity contribution is 7.89. The van der Waals surface area contributed by atoms with Gasteiger partial charge < -0.3 is 0 Å². The van der Waals surface area contributed by atoms with Crippen LogP contribution >= 0.6 is 11.6 Å². The van der Waals surface area contributed by atoms with Gasteiger partial charge in [-0.2, -0.15) is 4.31 Å². The third-order valence-electron chi connectivity index (χ3n) is 3.60. The Balaban J connectivity index is 2.02. The van der Waals surface area contributed by atoms with Gasteiger partial charge in [-0.05, 0) is 28.8 Å². The zero-order valence-corrected chi connectivity index (χ0v) is 12.7. The Bertz CT molecular complexity index is 767. The highest BCUT2D eigenvalue weighted by atomic mass is 35.5. The van der Waals surface area contributed by atoms with Crippen LogP contribution in [0.3, 0.4) is 0 Å². The van der Waals surface area contributed by atoms with Gasteiger partial charge in [0.25, 0.3) is 0 Å². The largest absolute Gasteiger partial charge is 0.244 e. The van der Waals surface area contributed by atoms with Gasteiger partial charge in [0, 0.05) is 19.0 Å². The molecule has 1 aliphatic rings. The standard InChI is InChI=1S/C15H13ClFNO2S/c16-8-11-5-6-14(17)7-15(11)21(19,20)18-9-12-3-1-2-4-13(12)10-18/h1-7H,8-10H2. The van der Waals surface area contributed by atoms with Crippen molar-refractivity contribution in [3.8, 4) is 0 Å². The molecule has 0 spiro atoms. The second kappa shape index (κ2) is 5.40. The van der Waals surface area contributed by atoms with Crippen LogP contribution in [0.15, 0.2) is 47.4 Å². The van der Waals surface area contributed by atoms with Crippen LogP contribution in [0.5, 0.6) is 0 Å². The molecule has 3 rings (SSSR count). The van der Waals surface area contributed by atoms with E-state index >= 15 is 0 Å². The van der Waals surface area contributed by atoms with Crippen molar-refractivity contribution in [2.75, 3.05) is 0 Å². The van der Waals surface area contributed by atoms with E-state index in [1.165, 1.54) is 16.4 Å². The van der Waals surface area contributed by atoms with Crippen molar-refractivity contribution < 1.29 is 12.8 Å². The van der Waals surface area contributed by atoms with Crippen LogP contribution in [0, 0.1) is 5.82 Å². The first-order valence-corrected chi connectivity index (χ1v) is 8.41. The minimum Gasteiger partial charge on any atom is -0.207 e. The van der Waals surface area contributed by atoms with Crippen molar-refractivity contribution in [3.05, 3.63) is 65.0 Å². The summed E-state index contributed by atoms with van der Waals surface area (Å²) < 4.78 is 40.3. The molecule has 2 aromatic rings. The number of nitrogens with zero attached hydrogens (tertiary/aromatic N) is 1. The van der Waals surface area contributed by atoms with Crippen LogP contribution in [0.4, 0.5) is 4.39 Å². The first-order valence-electron chi connectivity index (χ1n) is 6.43. The highest BCUT2D eigenvalue weighted by Crippen LogP contribution is 2.30. The van der Waals surface area contributed by atoms with E-state index in [0.717, 1.165) is 17.2 Å². The van der Waals surface area contributed by atoms with E-state index in [1.807, 2.05) is 24.3 Å². The molecule has 0 saturated heterocycles. The van der Waals surface area contributed by atoms with Crippen LogP contribution in [-0.2, 0) is 29.0 Å². The van der Waals surface area contributed by atoms with Gasteiger partial charge in [0.2, 0.25) is 10.0 Å². The molecule has 21 heavy (non-hydrogen) atoms. The quantitative estimate of drug-likeness (QED) is 0.812. The lowest BCUT2D eigenvalue weighted by Crippen LogP contribution is -2.26. The number of hydrogen-bond donors (Lipinski definition) is 0. The third-order valence-corrected chi connectivity index (χ3v) is 5.76. The average molecular weight is 326 g/mol. The summed E-state index contributed by atoms with van der Waals surface area (Å²) in [6.45, 7) is 0.605. The minimum absolute atomic E-state index is 0.0234. The van der Waals surface area contributed by atoms with Crippen molar-refractivity contribution >= 4 is 21.6 Å². The second-order valence-electron chi connectivity index (χ2n) is 4.93. The molecule has 0 amide bonds. The zero-order chi connectivity index (χ0) is 15.0. The van der Waals surface area contributed by atoms with Crippen molar-refractivity contribution in [3.63, 3.8) is 0 Å². The van der Waals surface area contributed by atoms with Crippen LogP contribution in [0.1, 0.15) is 16.7 Å². The topological polar surface area (TPSA) is 37.4 Å². The molecular weight excluding hydrogens is 313 g/mol. The van der Waals surface area contributed by atoms with E-state index in [2.05, 4.69) is 0 Å². The molecule has 6 heteroatoms. The molecule has 0 bridgehead atoms. The Hall–Kier alpha value is -1.43. The van der Waals surface area contributed by atoms with Gasteiger partial charge in [-0.25, -0.2) is 12.8 Å². The average Bonchev–Trinajstić information content (AvgIpc) is 2.92. The van der Waals surface area contributed by atoms with Gasteiger partial charge in [-0.1, -0.05) is 30.3 Å². The predicted octanol–water partition coefficient (Wildman–Crippen LogP) is 3.27. The summed E-state index contributed by atoms with van der Waals surface area (Å²) in [5.41, 5.74) is 2.36. The molecule has 0 fully saturated rings. The fourth-order valence-corrected chi connectivity index (χ4v) is 4.43. The van der Waals surface area contributed by atoms with Crippen LogP contribution in [-0.4, -0.2) is 12.7 Å². The zero-order valence-electron chi connectivity index (χ0n) is 11.1. The number of rotatable bonds is 3. The number of fused-ring (bicyclic) bond motifs is 1. The van der Waals surface area contributed by atoms with E-state index in [4.69, 9.17) is 11.6 Å². The van der Waals surface area contributed by atoms with Crippen LogP contribution < -0.4 is 0 Å². The van der Waals surface area contributed by atoms with Gasteiger partial charge in [0.15, 0.2) is 0 Å². The Kier molecular flexibility index (Phi) is 3.73. The molecule has 0 aromatic heterocycles. The van der Waals surface area contributed by atoms with Crippen molar-refractivity contribution in [1.82, 2.24) is 4.31 Å². The maximum Gasteiger partial charge on any atom is 0.244 e. The first kappa shape index (κ1) is 14.5. The fourth-order valence-electron chi connectivity index (χ4n) is 2.49. The molecule has 3 nitrogen and oxygen atoms in total. The maximum absolute atomic E-state index is 13.4. The maximum atomic E-state index is 13.4. The van der Waals surface area contributed by atoms with E-state index in [-0.39, 0.29) is 10.8 Å².